The van der Waals surface area contributed by atoms with E-state index in [9.17, 15) is 4.79 Å². The van der Waals surface area contributed by atoms with Gasteiger partial charge in [-0.2, -0.15) is 4.98 Å². The van der Waals surface area contributed by atoms with Gasteiger partial charge in [-0.15, -0.1) is 0 Å². The third-order valence-corrected chi connectivity index (χ3v) is 4.74. The van der Waals surface area contributed by atoms with E-state index >= 15 is 0 Å². The smallest absolute Gasteiger partial charge is 0.238 e. The zero-order chi connectivity index (χ0) is 13.7. The highest BCUT2D eigenvalue weighted by atomic mass is 16.2. The Morgan fingerprint density at radius 2 is 2.15 bits per heavy atom. The molecule has 1 saturated heterocycles. The lowest BCUT2D eigenvalue weighted by molar-refractivity contribution is -0.119. The van der Waals surface area contributed by atoms with Crippen LogP contribution < -0.4 is 15.5 Å². The molecule has 1 spiro atoms. The summed E-state index contributed by atoms with van der Waals surface area (Å²) < 4.78 is 0. The first-order chi connectivity index (χ1) is 9.71. The number of fused-ring (bicyclic) bond motifs is 2. The zero-order valence-electron chi connectivity index (χ0n) is 11.6. The molecule has 6 nitrogen and oxygen atoms in total. The Hall–Kier alpha value is -1.69. The summed E-state index contributed by atoms with van der Waals surface area (Å²) in [6.07, 6.45) is 5.89. The lowest BCUT2D eigenvalue weighted by Crippen LogP contribution is -2.35. The number of anilines is 2. The van der Waals surface area contributed by atoms with E-state index in [0.29, 0.717) is 12.0 Å². The van der Waals surface area contributed by atoms with E-state index in [2.05, 4.69) is 20.6 Å². The molecule has 0 unspecified atom stereocenters. The summed E-state index contributed by atoms with van der Waals surface area (Å²) in [7, 11) is 1.82. The molecule has 1 aromatic heterocycles. The summed E-state index contributed by atoms with van der Waals surface area (Å²) in [5.41, 5.74) is 0.734. The summed E-state index contributed by atoms with van der Waals surface area (Å²) in [6, 6.07) is 0.423. The first kappa shape index (κ1) is 12.1. The van der Waals surface area contributed by atoms with Crippen LogP contribution >= 0.6 is 0 Å². The third-order valence-electron chi connectivity index (χ3n) is 4.74. The molecule has 0 atom stereocenters. The SMILES string of the molecule is CN1C(=O)C2(CC2)c2cnc(NC3CCNCC3)nc21. The van der Waals surface area contributed by atoms with Crippen LogP contribution in [0.2, 0.25) is 0 Å². The van der Waals surface area contributed by atoms with Gasteiger partial charge in [-0.1, -0.05) is 0 Å². The minimum Gasteiger partial charge on any atom is -0.351 e. The summed E-state index contributed by atoms with van der Waals surface area (Å²) in [5, 5.41) is 6.73. The van der Waals surface area contributed by atoms with E-state index < -0.39 is 0 Å². The van der Waals surface area contributed by atoms with Gasteiger partial charge in [-0.25, -0.2) is 4.98 Å². The van der Waals surface area contributed by atoms with Crippen molar-refractivity contribution in [2.45, 2.75) is 37.1 Å². The Morgan fingerprint density at radius 1 is 1.40 bits per heavy atom. The number of carbonyl (C=O) groups is 1. The van der Waals surface area contributed by atoms with Crippen molar-refractivity contribution in [2.24, 2.45) is 0 Å². The number of nitrogens with zero attached hydrogens (tertiary/aromatic N) is 3. The van der Waals surface area contributed by atoms with Crippen molar-refractivity contribution < 1.29 is 4.79 Å². The van der Waals surface area contributed by atoms with Crippen molar-refractivity contribution in [1.29, 1.82) is 0 Å². The Bertz CT molecular complexity index is 563. The van der Waals surface area contributed by atoms with Gasteiger partial charge in [0.15, 0.2) is 0 Å². The molecule has 1 amide bonds. The van der Waals surface area contributed by atoms with Crippen molar-refractivity contribution >= 4 is 17.7 Å². The molecule has 20 heavy (non-hydrogen) atoms. The Kier molecular flexibility index (Phi) is 2.51. The third kappa shape index (κ3) is 1.64. The molecule has 3 heterocycles. The first-order valence-corrected chi connectivity index (χ1v) is 7.34. The van der Waals surface area contributed by atoms with Crippen molar-refractivity contribution in [2.75, 3.05) is 30.4 Å². The highest BCUT2D eigenvalue weighted by Gasteiger charge is 2.59. The van der Waals surface area contributed by atoms with Crippen LogP contribution in [0.1, 0.15) is 31.2 Å². The number of hydrogen-bond acceptors (Lipinski definition) is 5. The maximum absolute atomic E-state index is 12.3. The normalized spacial score (nSPS) is 24.1. The molecular formula is C14H19N5O. The number of amides is 1. The van der Waals surface area contributed by atoms with Gasteiger partial charge in [0.25, 0.3) is 0 Å². The van der Waals surface area contributed by atoms with Crippen LogP contribution in [0.5, 0.6) is 0 Å². The second-order valence-corrected chi connectivity index (χ2v) is 6.05. The number of hydrogen-bond donors (Lipinski definition) is 2. The summed E-state index contributed by atoms with van der Waals surface area (Å²) in [4.78, 5) is 23.0. The van der Waals surface area contributed by atoms with Crippen LogP contribution in [0.15, 0.2) is 6.20 Å². The van der Waals surface area contributed by atoms with Crippen LogP contribution in [0.25, 0.3) is 0 Å². The van der Waals surface area contributed by atoms with Crippen LogP contribution in [0.4, 0.5) is 11.8 Å². The van der Waals surface area contributed by atoms with Crippen molar-refractivity contribution in [3.63, 3.8) is 0 Å². The predicted octanol–water partition coefficient (Wildman–Crippen LogP) is 0.648. The second-order valence-electron chi connectivity index (χ2n) is 6.05. The number of aromatic nitrogens is 2. The Balaban J connectivity index is 1.60. The molecule has 1 aromatic rings. The molecule has 0 radical (unpaired) electrons. The average Bonchev–Trinajstić information content (AvgIpc) is 3.25. The van der Waals surface area contributed by atoms with Gasteiger partial charge in [-0.05, 0) is 38.8 Å². The highest BCUT2D eigenvalue weighted by molar-refractivity contribution is 6.08. The van der Waals surface area contributed by atoms with E-state index in [0.717, 1.165) is 50.2 Å². The molecule has 2 N–H and O–H groups in total. The molecule has 1 saturated carbocycles. The number of carbonyl (C=O) groups excluding carboxylic acids is 1. The maximum atomic E-state index is 12.3. The van der Waals surface area contributed by atoms with E-state index in [-0.39, 0.29) is 11.3 Å². The molecule has 2 aliphatic heterocycles. The molecule has 4 rings (SSSR count). The number of likely N-dealkylation sites (N-methyl/N-ethyl adjacent to an activating group) is 1. The second kappa shape index (κ2) is 4.15. The molecule has 106 valence electrons. The van der Waals surface area contributed by atoms with Crippen molar-refractivity contribution in [3.8, 4) is 0 Å². The monoisotopic (exact) mass is 273 g/mol. The Morgan fingerprint density at radius 3 is 2.85 bits per heavy atom. The standard InChI is InChI=1S/C14H19N5O/c1-19-11-10(14(4-5-14)12(19)20)8-16-13(18-11)17-9-2-6-15-7-3-9/h8-9,15H,2-7H2,1H3,(H,16,17,18). The number of piperidine rings is 1. The van der Waals surface area contributed by atoms with Gasteiger partial charge in [0.1, 0.15) is 5.82 Å². The van der Waals surface area contributed by atoms with E-state index in [1.54, 1.807) is 4.90 Å². The molecule has 0 aromatic carbocycles. The summed E-state index contributed by atoms with van der Waals surface area (Å²) >= 11 is 0. The predicted molar refractivity (Wildman–Crippen MR) is 75.9 cm³/mol. The fourth-order valence-electron chi connectivity index (χ4n) is 3.33. The molecular weight excluding hydrogens is 254 g/mol. The molecule has 6 heteroatoms. The Labute approximate surface area is 118 Å². The minimum atomic E-state index is -0.280. The highest BCUT2D eigenvalue weighted by Crippen LogP contribution is 2.56. The van der Waals surface area contributed by atoms with Crippen LogP contribution in [-0.4, -0.2) is 42.1 Å². The largest absolute Gasteiger partial charge is 0.351 e. The zero-order valence-corrected chi connectivity index (χ0v) is 11.6. The van der Waals surface area contributed by atoms with Gasteiger partial charge in [0.2, 0.25) is 11.9 Å². The molecule has 1 aliphatic carbocycles. The lowest BCUT2D eigenvalue weighted by Gasteiger charge is -2.23. The molecule has 0 bridgehead atoms. The number of rotatable bonds is 2. The molecule has 2 fully saturated rings. The van der Waals surface area contributed by atoms with Gasteiger partial charge in [-0.3, -0.25) is 9.69 Å². The van der Waals surface area contributed by atoms with Gasteiger partial charge in [0.05, 0.1) is 5.41 Å². The topological polar surface area (TPSA) is 70.2 Å². The van der Waals surface area contributed by atoms with Crippen LogP contribution in [0.3, 0.4) is 0 Å². The fourth-order valence-corrected chi connectivity index (χ4v) is 3.33. The van der Waals surface area contributed by atoms with E-state index in [1.807, 2.05) is 13.2 Å². The first-order valence-electron chi connectivity index (χ1n) is 7.34. The van der Waals surface area contributed by atoms with Crippen LogP contribution in [-0.2, 0) is 10.2 Å². The average molecular weight is 273 g/mol. The van der Waals surface area contributed by atoms with Gasteiger partial charge >= 0.3 is 0 Å². The van der Waals surface area contributed by atoms with Gasteiger partial charge < -0.3 is 10.6 Å². The lowest BCUT2D eigenvalue weighted by atomic mass is 10.0. The van der Waals surface area contributed by atoms with E-state index in [4.69, 9.17) is 0 Å². The summed E-state index contributed by atoms with van der Waals surface area (Å²) in [5.74, 6) is 1.62. The van der Waals surface area contributed by atoms with E-state index in [1.165, 1.54) is 0 Å². The minimum absolute atomic E-state index is 0.181. The maximum Gasteiger partial charge on any atom is 0.238 e. The molecule has 3 aliphatic rings. The van der Waals surface area contributed by atoms with Crippen LogP contribution in [0, 0.1) is 0 Å². The fraction of sp³-hybridized carbons (Fsp3) is 0.643. The number of nitrogens with one attached hydrogen (secondary N) is 2. The quantitative estimate of drug-likeness (QED) is 0.828. The summed E-state index contributed by atoms with van der Waals surface area (Å²) in [6.45, 7) is 2.06. The van der Waals surface area contributed by atoms with Crippen molar-refractivity contribution in [1.82, 2.24) is 15.3 Å². The van der Waals surface area contributed by atoms with Crippen molar-refractivity contribution in [3.05, 3.63) is 11.8 Å². The van der Waals surface area contributed by atoms with Gasteiger partial charge in [0, 0.05) is 24.8 Å².